The number of methoxy groups -OCH3 is 1. The van der Waals surface area contributed by atoms with Crippen molar-refractivity contribution in [2.45, 2.75) is 52.6 Å². The normalized spacial score (nSPS) is 15.3. The zero-order valence-corrected chi connectivity index (χ0v) is 21.5. The number of hydrogen-bond donors (Lipinski definition) is 3. The molecule has 0 saturated carbocycles. The standard InChI is InChI=1S/C26H36N4O6/c1-16(2)29(17(3)4)10-11-36-25-13-20(8-9-24(25)35-5)28-26(32)19-7-6-18-12-23(31)22(30(33)34)14-21(18)27-15-19/h8-9,12-14,16-17,19,27,31H,6-7,10-11,15H2,1-5H3,(H,28,32). The molecule has 2 aromatic rings. The van der Waals surface area contributed by atoms with Crippen molar-refractivity contribution >= 4 is 23.0 Å². The minimum atomic E-state index is -0.626. The number of ether oxygens (including phenoxy) is 2. The number of aryl methyl sites for hydroxylation is 1. The summed E-state index contributed by atoms with van der Waals surface area (Å²) >= 11 is 0. The van der Waals surface area contributed by atoms with Gasteiger partial charge in [0.05, 0.1) is 18.0 Å². The third-order valence-electron chi connectivity index (χ3n) is 6.43. The fourth-order valence-electron chi connectivity index (χ4n) is 4.51. The fourth-order valence-corrected chi connectivity index (χ4v) is 4.51. The zero-order valence-electron chi connectivity index (χ0n) is 21.5. The van der Waals surface area contributed by atoms with Crippen LogP contribution in [-0.2, 0) is 11.2 Å². The van der Waals surface area contributed by atoms with E-state index in [1.807, 2.05) is 0 Å². The van der Waals surface area contributed by atoms with Gasteiger partial charge in [0, 0.05) is 48.7 Å². The van der Waals surface area contributed by atoms with Gasteiger partial charge >= 0.3 is 5.69 Å². The van der Waals surface area contributed by atoms with Gasteiger partial charge in [-0.1, -0.05) is 0 Å². The van der Waals surface area contributed by atoms with Crippen LogP contribution in [0.3, 0.4) is 0 Å². The van der Waals surface area contributed by atoms with E-state index < -0.39 is 4.92 Å². The smallest absolute Gasteiger partial charge is 0.312 e. The largest absolute Gasteiger partial charge is 0.502 e. The summed E-state index contributed by atoms with van der Waals surface area (Å²) in [5.74, 6) is 0.226. The number of anilines is 2. The number of nitro groups is 1. The number of rotatable bonds is 10. The molecule has 0 radical (unpaired) electrons. The third-order valence-corrected chi connectivity index (χ3v) is 6.43. The highest BCUT2D eigenvalue weighted by Crippen LogP contribution is 2.35. The van der Waals surface area contributed by atoms with Gasteiger partial charge in [-0.25, -0.2) is 0 Å². The molecule has 0 saturated heterocycles. The van der Waals surface area contributed by atoms with Crippen LogP contribution in [0.25, 0.3) is 0 Å². The number of carbonyl (C=O) groups is 1. The number of fused-ring (bicyclic) bond motifs is 1. The maximum Gasteiger partial charge on any atom is 0.312 e. The van der Waals surface area contributed by atoms with Crippen molar-refractivity contribution in [1.82, 2.24) is 4.90 Å². The van der Waals surface area contributed by atoms with Crippen LogP contribution < -0.4 is 20.1 Å². The molecule has 1 heterocycles. The minimum absolute atomic E-state index is 0.170. The third kappa shape index (κ3) is 6.57. The lowest BCUT2D eigenvalue weighted by Crippen LogP contribution is -2.39. The van der Waals surface area contributed by atoms with Gasteiger partial charge in [0.15, 0.2) is 17.2 Å². The maximum absolute atomic E-state index is 13.0. The molecule has 1 amide bonds. The first-order chi connectivity index (χ1) is 17.1. The Kier molecular flexibility index (Phi) is 8.98. The second kappa shape index (κ2) is 11.9. The van der Waals surface area contributed by atoms with Crippen molar-refractivity contribution < 1.29 is 24.3 Å². The van der Waals surface area contributed by atoms with Crippen molar-refractivity contribution in [3.63, 3.8) is 0 Å². The topological polar surface area (TPSA) is 126 Å². The molecule has 1 atom stereocenters. The molecule has 2 aromatic carbocycles. The molecule has 10 nitrogen and oxygen atoms in total. The van der Waals surface area contributed by atoms with Gasteiger partial charge in [-0.2, -0.15) is 0 Å². The number of nitro benzene ring substituents is 1. The van der Waals surface area contributed by atoms with E-state index in [2.05, 4.69) is 43.2 Å². The van der Waals surface area contributed by atoms with E-state index in [1.165, 1.54) is 12.1 Å². The van der Waals surface area contributed by atoms with Crippen molar-refractivity contribution in [2.24, 2.45) is 5.92 Å². The minimum Gasteiger partial charge on any atom is -0.502 e. The lowest BCUT2D eigenvalue weighted by Gasteiger charge is -2.30. The second-order valence-electron chi connectivity index (χ2n) is 9.50. The lowest BCUT2D eigenvalue weighted by molar-refractivity contribution is -0.385. The van der Waals surface area contributed by atoms with Crippen LogP contribution >= 0.6 is 0 Å². The first-order valence-electron chi connectivity index (χ1n) is 12.2. The molecule has 1 aliphatic rings. The van der Waals surface area contributed by atoms with Gasteiger partial charge in [-0.05, 0) is 64.3 Å². The van der Waals surface area contributed by atoms with Gasteiger partial charge in [0.25, 0.3) is 0 Å². The van der Waals surface area contributed by atoms with Gasteiger partial charge in [-0.3, -0.25) is 19.8 Å². The number of carbonyl (C=O) groups excluding carboxylic acids is 1. The average Bonchev–Trinajstić information content (AvgIpc) is 3.03. The summed E-state index contributed by atoms with van der Waals surface area (Å²) in [7, 11) is 1.58. The second-order valence-corrected chi connectivity index (χ2v) is 9.50. The first-order valence-corrected chi connectivity index (χ1v) is 12.2. The summed E-state index contributed by atoms with van der Waals surface area (Å²) in [5, 5.41) is 27.1. The molecule has 196 valence electrons. The van der Waals surface area contributed by atoms with E-state index >= 15 is 0 Å². The number of nitrogens with one attached hydrogen (secondary N) is 2. The number of phenolic OH excluding ortho intramolecular Hbond substituents is 1. The summed E-state index contributed by atoms with van der Waals surface area (Å²) in [6, 6.07) is 8.79. The van der Waals surface area contributed by atoms with Crippen LogP contribution in [0, 0.1) is 16.0 Å². The predicted octanol–water partition coefficient (Wildman–Crippen LogP) is 4.42. The highest BCUT2D eigenvalue weighted by Gasteiger charge is 2.25. The summed E-state index contributed by atoms with van der Waals surface area (Å²) in [6.45, 7) is 10.2. The highest BCUT2D eigenvalue weighted by atomic mass is 16.6. The van der Waals surface area contributed by atoms with Crippen LogP contribution in [0.15, 0.2) is 30.3 Å². The Morgan fingerprint density at radius 3 is 2.58 bits per heavy atom. The summed E-state index contributed by atoms with van der Waals surface area (Å²) in [6.07, 6.45) is 1.04. The first kappa shape index (κ1) is 27.1. The summed E-state index contributed by atoms with van der Waals surface area (Å²) in [5.41, 5.74) is 1.53. The number of hydrogen-bond acceptors (Lipinski definition) is 8. The van der Waals surface area contributed by atoms with Gasteiger partial charge < -0.3 is 25.2 Å². The summed E-state index contributed by atoms with van der Waals surface area (Å²) < 4.78 is 11.5. The Morgan fingerprint density at radius 2 is 1.94 bits per heavy atom. The Morgan fingerprint density at radius 1 is 1.22 bits per heavy atom. The van der Waals surface area contributed by atoms with E-state index in [4.69, 9.17) is 9.47 Å². The van der Waals surface area contributed by atoms with E-state index in [-0.39, 0.29) is 23.3 Å². The lowest BCUT2D eigenvalue weighted by atomic mass is 9.99. The molecule has 36 heavy (non-hydrogen) atoms. The fraction of sp³-hybridized carbons (Fsp3) is 0.500. The van der Waals surface area contributed by atoms with E-state index in [1.54, 1.807) is 25.3 Å². The highest BCUT2D eigenvalue weighted by molar-refractivity contribution is 5.93. The van der Waals surface area contributed by atoms with Crippen LogP contribution in [0.4, 0.5) is 17.1 Å². The number of benzene rings is 2. The maximum atomic E-state index is 13.0. The zero-order chi connectivity index (χ0) is 26.4. The number of amides is 1. The number of aromatic hydroxyl groups is 1. The SMILES string of the molecule is COc1ccc(NC(=O)C2CCc3cc(O)c([N+](=O)[O-])cc3NC2)cc1OCCN(C(C)C)C(C)C. The van der Waals surface area contributed by atoms with Crippen LogP contribution in [0.2, 0.25) is 0 Å². The van der Waals surface area contributed by atoms with Crippen molar-refractivity contribution in [3.05, 3.63) is 46.0 Å². The van der Waals surface area contributed by atoms with Crippen molar-refractivity contribution in [2.75, 3.05) is 37.4 Å². The van der Waals surface area contributed by atoms with E-state index in [0.29, 0.717) is 61.0 Å². The molecule has 3 rings (SSSR count). The molecule has 0 aromatic heterocycles. The van der Waals surface area contributed by atoms with E-state index in [9.17, 15) is 20.0 Å². The summed E-state index contributed by atoms with van der Waals surface area (Å²) in [4.78, 5) is 25.9. The van der Waals surface area contributed by atoms with Crippen LogP contribution in [0.5, 0.6) is 17.2 Å². The molecule has 3 N–H and O–H groups in total. The number of phenols is 1. The predicted molar refractivity (Wildman–Crippen MR) is 139 cm³/mol. The quantitative estimate of drug-likeness (QED) is 0.249. The van der Waals surface area contributed by atoms with Crippen LogP contribution in [-0.4, -0.2) is 59.7 Å². The molecule has 0 spiro atoms. The molecular weight excluding hydrogens is 464 g/mol. The monoisotopic (exact) mass is 500 g/mol. The Labute approximate surface area is 211 Å². The molecule has 1 unspecified atom stereocenters. The Balaban J connectivity index is 1.65. The van der Waals surface area contributed by atoms with Gasteiger partial charge in [0.1, 0.15) is 6.61 Å². The molecule has 0 aliphatic carbocycles. The Hall–Kier alpha value is -3.53. The van der Waals surface area contributed by atoms with Crippen molar-refractivity contribution in [3.8, 4) is 17.2 Å². The van der Waals surface area contributed by atoms with Crippen molar-refractivity contribution in [1.29, 1.82) is 0 Å². The molecule has 10 heteroatoms. The molecule has 0 bridgehead atoms. The molecule has 0 fully saturated rings. The Bertz CT molecular complexity index is 1080. The van der Waals surface area contributed by atoms with Gasteiger partial charge in [0.2, 0.25) is 5.91 Å². The average molecular weight is 501 g/mol. The molecular formula is C26H36N4O6. The van der Waals surface area contributed by atoms with Gasteiger partial charge in [-0.15, -0.1) is 0 Å². The van der Waals surface area contributed by atoms with E-state index in [0.717, 1.165) is 12.1 Å². The molecule has 1 aliphatic heterocycles. The van der Waals surface area contributed by atoms with Crippen LogP contribution in [0.1, 0.15) is 39.7 Å². The number of nitrogens with zero attached hydrogens (tertiary/aromatic N) is 2.